The number of halogens is 1. The van der Waals surface area contributed by atoms with Crippen LogP contribution in [-0.4, -0.2) is 18.2 Å². The summed E-state index contributed by atoms with van der Waals surface area (Å²) >= 11 is 0. The molecule has 0 bridgehead atoms. The van der Waals surface area contributed by atoms with Crippen molar-refractivity contribution in [1.29, 1.82) is 0 Å². The van der Waals surface area contributed by atoms with E-state index in [1.54, 1.807) is 26.2 Å². The van der Waals surface area contributed by atoms with E-state index >= 15 is 0 Å². The predicted octanol–water partition coefficient (Wildman–Crippen LogP) is 3.59. The molecule has 0 fully saturated rings. The molecule has 0 spiro atoms. The van der Waals surface area contributed by atoms with Crippen LogP contribution in [0.15, 0.2) is 30.3 Å². The fraction of sp³-hybridized carbons (Fsp3) is 0.278. The molecule has 5 heteroatoms. The van der Waals surface area contributed by atoms with Gasteiger partial charge in [-0.3, -0.25) is 4.79 Å². The number of nitrogens with two attached hydrogens (primary N) is 1. The molecular weight excluding hydrogens is 297 g/mol. The first-order valence-electron chi connectivity index (χ1n) is 7.26. The summed E-state index contributed by atoms with van der Waals surface area (Å²) in [6.45, 7) is 3.58. The van der Waals surface area contributed by atoms with Gasteiger partial charge in [0, 0.05) is 17.2 Å². The average molecular weight is 317 g/mol. The van der Waals surface area contributed by atoms with Gasteiger partial charge in [0.25, 0.3) is 0 Å². The van der Waals surface area contributed by atoms with Crippen molar-refractivity contribution in [3.8, 4) is 16.9 Å². The monoisotopic (exact) mass is 317 g/mol. The number of hydrogen-bond donors (Lipinski definition) is 2. The Kier molecular flexibility index (Phi) is 5.01. The van der Waals surface area contributed by atoms with Crippen LogP contribution >= 0.6 is 0 Å². The normalized spacial score (nSPS) is 12.0. The van der Waals surface area contributed by atoms with E-state index < -0.39 is 17.8 Å². The summed E-state index contributed by atoms with van der Waals surface area (Å²) in [7, 11) is 1.58. The lowest BCUT2D eigenvalue weighted by molar-refractivity contribution is -0.137. The Bertz CT molecular complexity index is 743. The summed E-state index contributed by atoms with van der Waals surface area (Å²) < 4.78 is 19.8. The zero-order chi connectivity index (χ0) is 17.1. The summed E-state index contributed by atoms with van der Waals surface area (Å²) in [4.78, 5) is 10.9. The molecule has 0 aliphatic carbocycles. The van der Waals surface area contributed by atoms with Gasteiger partial charge in [-0.1, -0.05) is 12.1 Å². The number of carbonyl (C=O) groups is 1. The molecule has 0 amide bonds. The van der Waals surface area contributed by atoms with Crippen LogP contribution in [0.3, 0.4) is 0 Å². The smallest absolute Gasteiger partial charge is 0.305 e. The topological polar surface area (TPSA) is 72.5 Å². The van der Waals surface area contributed by atoms with Gasteiger partial charge >= 0.3 is 5.97 Å². The quantitative estimate of drug-likeness (QED) is 0.884. The van der Waals surface area contributed by atoms with Gasteiger partial charge in [-0.05, 0) is 48.7 Å². The third kappa shape index (κ3) is 3.51. The highest BCUT2D eigenvalue weighted by molar-refractivity contribution is 5.75. The van der Waals surface area contributed by atoms with E-state index in [0.29, 0.717) is 11.3 Å². The molecule has 3 N–H and O–H groups in total. The molecule has 122 valence electrons. The molecule has 4 nitrogen and oxygen atoms in total. The summed E-state index contributed by atoms with van der Waals surface area (Å²) in [5, 5.41) is 8.90. The zero-order valence-electron chi connectivity index (χ0n) is 13.4. The molecule has 0 saturated carbocycles. The Morgan fingerprint density at radius 2 is 2.00 bits per heavy atom. The molecule has 2 rings (SSSR count). The molecule has 0 heterocycles. The van der Waals surface area contributed by atoms with Gasteiger partial charge in [0.05, 0.1) is 13.5 Å². The van der Waals surface area contributed by atoms with Crippen molar-refractivity contribution < 1.29 is 19.0 Å². The lowest BCUT2D eigenvalue weighted by Crippen LogP contribution is -2.17. The van der Waals surface area contributed by atoms with Crippen molar-refractivity contribution in [3.05, 3.63) is 52.8 Å². The molecule has 0 radical (unpaired) electrons. The van der Waals surface area contributed by atoms with E-state index in [1.165, 1.54) is 0 Å². The van der Waals surface area contributed by atoms with Crippen LogP contribution in [0, 0.1) is 19.7 Å². The second kappa shape index (κ2) is 6.79. The minimum Gasteiger partial charge on any atom is -0.496 e. The third-order valence-electron chi connectivity index (χ3n) is 3.82. The van der Waals surface area contributed by atoms with E-state index in [2.05, 4.69) is 0 Å². The zero-order valence-corrected chi connectivity index (χ0v) is 13.4. The molecule has 0 aliphatic rings. The molecule has 0 saturated heterocycles. The Balaban J connectivity index is 2.62. The van der Waals surface area contributed by atoms with E-state index in [9.17, 15) is 9.18 Å². The van der Waals surface area contributed by atoms with Crippen LogP contribution in [0.1, 0.15) is 29.2 Å². The van der Waals surface area contributed by atoms with Crippen LogP contribution in [0.5, 0.6) is 5.75 Å². The Morgan fingerprint density at radius 1 is 1.30 bits per heavy atom. The standard InChI is InChI=1S/C18H20FNO3/c1-10-5-4-6-15(23-3)17(10)12-7-11(2)18(19)13(8-12)14(20)9-16(21)22/h4-8,14H,9,20H2,1-3H3,(H,21,22). The van der Waals surface area contributed by atoms with Crippen LogP contribution in [-0.2, 0) is 4.79 Å². The van der Waals surface area contributed by atoms with Gasteiger partial charge in [0.1, 0.15) is 11.6 Å². The lowest BCUT2D eigenvalue weighted by Gasteiger charge is -2.17. The minimum absolute atomic E-state index is 0.202. The van der Waals surface area contributed by atoms with Crippen LogP contribution < -0.4 is 10.5 Å². The summed E-state index contributed by atoms with van der Waals surface area (Å²) in [5.41, 5.74) is 9.08. The summed E-state index contributed by atoms with van der Waals surface area (Å²) in [6.07, 6.45) is -0.329. The molecule has 2 aromatic carbocycles. The van der Waals surface area contributed by atoms with Crippen molar-refractivity contribution in [2.45, 2.75) is 26.3 Å². The SMILES string of the molecule is COc1cccc(C)c1-c1cc(C)c(F)c(C(N)CC(=O)O)c1. The predicted molar refractivity (Wildman–Crippen MR) is 87.0 cm³/mol. The minimum atomic E-state index is -1.06. The maximum absolute atomic E-state index is 14.4. The lowest BCUT2D eigenvalue weighted by atomic mass is 9.92. The van der Waals surface area contributed by atoms with Crippen LogP contribution in [0.2, 0.25) is 0 Å². The first-order chi connectivity index (χ1) is 10.8. The maximum Gasteiger partial charge on any atom is 0.305 e. The second-order valence-corrected chi connectivity index (χ2v) is 5.55. The molecule has 0 aromatic heterocycles. The van der Waals surface area contributed by atoms with Crippen LogP contribution in [0.4, 0.5) is 4.39 Å². The van der Waals surface area contributed by atoms with Gasteiger partial charge in [0.2, 0.25) is 0 Å². The van der Waals surface area contributed by atoms with Gasteiger partial charge in [-0.15, -0.1) is 0 Å². The largest absolute Gasteiger partial charge is 0.496 e. The van der Waals surface area contributed by atoms with Crippen molar-refractivity contribution in [2.75, 3.05) is 7.11 Å². The van der Waals surface area contributed by atoms with Crippen LogP contribution in [0.25, 0.3) is 11.1 Å². The molecule has 0 aliphatic heterocycles. The summed E-state index contributed by atoms with van der Waals surface area (Å²) in [6, 6.07) is 8.08. The van der Waals surface area contributed by atoms with Gasteiger partial charge < -0.3 is 15.6 Å². The van der Waals surface area contributed by atoms with E-state index in [0.717, 1.165) is 16.7 Å². The number of carboxylic acid groups (broad SMARTS) is 1. The maximum atomic E-state index is 14.4. The van der Waals surface area contributed by atoms with E-state index in [4.69, 9.17) is 15.6 Å². The first-order valence-corrected chi connectivity index (χ1v) is 7.26. The Labute approximate surface area is 134 Å². The second-order valence-electron chi connectivity index (χ2n) is 5.55. The number of rotatable bonds is 5. The Hall–Kier alpha value is -2.40. The molecule has 2 aromatic rings. The number of benzene rings is 2. The molecule has 1 unspecified atom stereocenters. The number of hydrogen-bond acceptors (Lipinski definition) is 3. The molecule has 23 heavy (non-hydrogen) atoms. The Morgan fingerprint density at radius 3 is 2.61 bits per heavy atom. The highest BCUT2D eigenvalue weighted by Crippen LogP contribution is 2.36. The van der Waals surface area contributed by atoms with Crippen molar-refractivity contribution >= 4 is 5.97 Å². The highest BCUT2D eigenvalue weighted by atomic mass is 19.1. The fourth-order valence-corrected chi connectivity index (χ4v) is 2.69. The first kappa shape index (κ1) is 17.0. The van der Waals surface area contributed by atoms with Gasteiger partial charge in [-0.2, -0.15) is 0 Å². The summed E-state index contributed by atoms with van der Waals surface area (Å²) in [5.74, 6) is -0.850. The van der Waals surface area contributed by atoms with Crippen molar-refractivity contribution in [2.24, 2.45) is 5.73 Å². The number of methoxy groups -OCH3 is 1. The number of aliphatic carboxylic acids is 1. The van der Waals surface area contributed by atoms with Gasteiger partial charge in [0.15, 0.2) is 0 Å². The molecular formula is C18H20FNO3. The number of ether oxygens (including phenoxy) is 1. The average Bonchev–Trinajstić information content (AvgIpc) is 2.48. The van der Waals surface area contributed by atoms with E-state index in [1.807, 2.05) is 25.1 Å². The number of aryl methyl sites for hydroxylation is 2. The van der Waals surface area contributed by atoms with Gasteiger partial charge in [-0.25, -0.2) is 4.39 Å². The third-order valence-corrected chi connectivity index (χ3v) is 3.82. The fourth-order valence-electron chi connectivity index (χ4n) is 2.69. The van der Waals surface area contributed by atoms with Crippen molar-refractivity contribution in [1.82, 2.24) is 0 Å². The van der Waals surface area contributed by atoms with Crippen molar-refractivity contribution in [3.63, 3.8) is 0 Å². The van der Waals surface area contributed by atoms with E-state index in [-0.39, 0.29) is 12.0 Å². The number of carboxylic acids is 1. The highest BCUT2D eigenvalue weighted by Gasteiger charge is 2.19. The molecule has 1 atom stereocenters.